The van der Waals surface area contributed by atoms with Crippen molar-refractivity contribution in [2.45, 2.75) is 31.1 Å². The van der Waals surface area contributed by atoms with Crippen molar-refractivity contribution in [3.63, 3.8) is 0 Å². The molecule has 0 radical (unpaired) electrons. The highest BCUT2D eigenvalue weighted by Crippen LogP contribution is 2.24. The van der Waals surface area contributed by atoms with Crippen LogP contribution >= 0.6 is 10.7 Å². The van der Waals surface area contributed by atoms with E-state index in [-0.39, 0.29) is 18.9 Å². The Morgan fingerprint density at radius 1 is 1.50 bits per heavy atom. The molecule has 0 aliphatic heterocycles. The smallest absolute Gasteiger partial charge is 0.375 e. The number of halogens is 4. The van der Waals surface area contributed by atoms with Crippen LogP contribution in [-0.2, 0) is 26.9 Å². The van der Waals surface area contributed by atoms with E-state index in [0.717, 1.165) is 6.20 Å². The predicted octanol–water partition coefficient (Wildman–Crippen LogP) is 1.91. The molecule has 0 spiro atoms. The van der Waals surface area contributed by atoms with Crippen LogP contribution in [0, 0.1) is 0 Å². The molecule has 0 fully saturated rings. The molecule has 1 aromatic rings. The van der Waals surface area contributed by atoms with Gasteiger partial charge in [-0.1, -0.05) is 0 Å². The SMILES string of the molecule is CCOCc1c(S(=O)(=O)Cl)cnn1CC(F)(F)F. The van der Waals surface area contributed by atoms with Gasteiger partial charge in [-0.15, -0.1) is 0 Å². The number of ether oxygens (including phenoxy) is 1. The molecule has 0 aliphatic carbocycles. The summed E-state index contributed by atoms with van der Waals surface area (Å²) < 4.78 is 64.6. The Morgan fingerprint density at radius 3 is 2.56 bits per heavy atom. The summed E-state index contributed by atoms with van der Waals surface area (Å²) in [5.74, 6) is 0. The minimum absolute atomic E-state index is 0.218. The third kappa shape index (κ3) is 4.14. The van der Waals surface area contributed by atoms with Gasteiger partial charge in [0.2, 0.25) is 0 Å². The maximum atomic E-state index is 12.3. The van der Waals surface area contributed by atoms with E-state index in [0.29, 0.717) is 4.68 Å². The van der Waals surface area contributed by atoms with Crippen LogP contribution in [0.25, 0.3) is 0 Å². The first kappa shape index (κ1) is 15.3. The van der Waals surface area contributed by atoms with E-state index < -0.39 is 26.7 Å². The second kappa shape index (κ2) is 5.45. The van der Waals surface area contributed by atoms with E-state index in [1.807, 2.05) is 0 Å². The number of hydrogen-bond acceptors (Lipinski definition) is 4. The average molecular weight is 307 g/mol. The molecule has 0 saturated heterocycles. The van der Waals surface area contributed by atoms with Crippen molar-refractivity contribution in [1.82, 2.24) is 9.78 Å². The Kier molecular flexibility index (Phi) is 4.62. The first-order valence-electron chi connectivity index (χ1n) is 4.79. The quantitative estimate of drug-likeness (QED) is 0.780. The molecule has 10 heteroatoms. The molecule has 1 heterocycles. The van der Waals surface area contributed by atoms with Crippen LogP contribution in [0.2, 0.25) is 0 Å². The van der Waals surface area contributed by atoms with Crippen molar-refractivity contribution in [3.8, 4) is 0 Å². The van der Waals surface area contributed by atoms with Crippen LogP contribution in [0.1, 0.15) is 12.6 Å². The summed E-state index contributed by atoms with van der Waals surface area (Å²) in [7, 11) is 0.952. The number of nitrogens with zero attached hydrogens (tertiary/aromatic N) is 2. The second-order valence-corrected chi connectivity index (χ2v) is 5.84. The highest BCUT2D eigenvalue weighted by Gasteiger charge is 2.31. The van der Waals surface area contributed by atoms with Gasteiger partial charge in [0.05, 0.1) is 18.5 Å². The fourth-order valence-corrected chi connectivity index (χ4v) is 2.25. The molecule has 0 amide bonds. The van der Waals surface area contributed by atoms with Gasteiger partial charge in [0.15, 0.2) is 0 Å². The lowest BCUT2D eigenvalue weighted by atomic mass is 10.4. The maximum absolute atomic E-state index is 12.3. The van der Waals surface area contributed by atoms with E-state index in [9.17, 15) is 21.6 Å². The Hall–Kier alpha value is -0.800. The van der Waals surface area contributed by atoms with E-state index in [1.54, 1.807) is 6.92 Å². The summed E-state index contributed by atoms with van der Waals surface area (Å²) in [6, 6.07) is 0. The van der Waals surface area contributed by atoms with Crippen LogP contribution in [0.5, 0.6) is 0 Å². The first-order valence-corrected chi connectivity index (χ1v) is 7.10. The molecule has 0 bridgehead atoms. The third-order valence-corrected chi connectivity index (χ3v) is 3.31. The lowest BCUT2D eigenvalue weighted by Crippen LogP contribution is -2.21. The summed E-state index contributed by atoms with van der Waals surface area (Å²) in [5, 5.41) is 3.37. The molecule has 0 saturated carbocycles. The van der Waals surface area contributed by atoms with Crippen molar-refractivity contribution in [2.75, 3.05) is 6.61 Å². The van der Waals surface area contributed by atoms with Crippen LogP contribution in [0.3, 0.4) is 0 Å². The van der Waals surface area contributed by atoms with Gasteiger partial charge in [0.25, 0.3) is 9.05 Å². The minimum Gasteiger partial charge on any atom is -0.375 e. The number of rotatable bonds is 5. The number of hydrogen-bond donors (Lipinski definition) is 0. The van der Waals surface area contributed by atoms with Crippen molar-refractivity contribution < 1.29 is 26.3 Å². The van der Waals surface area contributed by atoms with Crippen molar-refractivity contribution in [1.29, 1.82) is 0 Å². The Bertz CT molecular complexity index is 512. The summed E-state index contributed by atoms with van der Waals surface area (Å²) in [6.45, 7) is 0.133. The largest absolute Gasteiger partial charge is 0.408 e. The lowest BCUT2D eigenvalue weighted by molar-refractivity contribution is -0.143. The molecule has 1 rings (SSSR count). The average Bonchev–Trinajstić information content (AvgIpc) is 2.54. The van der Waals surface area contributed by atoms with Gasteiger partial charge in [0.1, 0.15) is 11.4 Å². The van der Waals surface area contributed by atoms with Crippen molar-refractivity contribution in [2.24, 2.45) is 0 Å². The molecule has 0 atom stereocenters. The molecule has 0 unspecified atom stereocenters. The molecular formula is C8H10ClF3N2O3S. The predicted molar refractivity (Wildman–Crippen MR) is 56.7 cm³/mol. The van der Waals surface area contributed by atoms with Crippen molar-refractivity contribution >= 4 is 19.7 Å². The standard InChI is InChI=1S/C8H10ClF3N2O3S/c1-2-17-4-6-7(18(9,15)16)3-13-14(6)5-8(10,11)12/h3H,2,4-5H2,1H3. The lowest BCUT2D eigenvalue weighted by Gasteiger charge is -2.11. The van der Waals surface area contributed by atoms with Gasteiger partial charge in [-0.05, 0) is 6.92 Å². The highest BCUT2D eigenvalue weighted by molar-refractivity contribution is 8.13. The van der Waals surface area contributed by atoms with E-state index >= 15 is 0 Å². The van der Waals surface area contributed by atoms with Crippen molar-refractivity contribution in [3.05, 3.63) is 11.9 Å². The molecule has 0 aromatic carbocycles. The van der Waals surface area contributed by atoms with E-state index in [4.69, 9.17) is 15.4 Å². The second-order valence-electron chi connectivity index (χ2n) is 3.30. The summed E-state index contributed by atoms with van der Waals surface area (Å²) in [4.78, 5) is -0.470. The highest BCUT2D eigenvalue weighted by atomic mass is 35.7. The Morgan fingerprint density at radius 2 is 2.11 bits per heavy atom. The Labute approximate surface area is 106 Å². The molecule has 1 aromatic heterocycles. The molecule has 0 aliphatic rings. The van der Waals surface area contributed by atoms with Gasteiger partial charge in [-0.2, -0.15) is 18.3 Å². The van der Waals surface area contributed by atoms with E-state index in [1.165, 1.54) is 0 Å². The topological polar surface area (TPSA) is 61.2 Å². The molecule has 5 nitrogen and oxygen atoms in total. The van der Waals surface area contributed by atoms with E-state index in [2.05, 4.69) is 5.10 Å². The van der Waals surface area contributed by atoms with Gasteiger partial charge >= 0.3 is 6.18 Å². The molecule has 18 heavy (non-hydrogen) atoms. The van der Waals surface area contributed by atoms with Gasteiger partial charge in [0, 0.05) is 17.3 Å². The molecule has 0 N–H and O–H groups in total. The molecular weight excluding hydrogens is 297 g/mol. The number of alkyl halides is 3. The van der Waals surface area contributed by atoms with Crippen LogP contribution in [-0.4, -0.2) is 31.0 Å². The zero-order valence-electron chi connectivity index (χ0n) is 9.24. The van der Waals surface area contributed by atoms with Gasteiger partial charge in [-0.3, -0.25) is 4.68 Å². The number of aromatic nitrogens is 2. The zero-order chi connectivity index (χ0) is 14.0. The fourth-order valence-electron chi connectivity index (χ4n) is 1.25. The van der Waals surface area contributed by atoms with Crippen LogP contribution in [0.4, 0.5) is 13.2 Å². The first-order chi connectivity index (χ1) is 8.15. The van der Waals surface area contributed by atoms with Gasteiger partial charge in [-0.25, -0.2) is 8.42 Å². The summed E-state index contributed by atoms with van der Waals surface area (Å²) in [5.41, 5.74) is -0.218. The van der Waals surface area contributed by atoms with Crippen LogP contribution in [0.15, 0.2) is 11.1 Å². The summed E-state index contributed by atoms with van der Waals surface area (Å²) >= 11 is 0. The minimum atomic E-state index is -4.51. The Balaban J connectivity index is 3.15. The zero-order valence-corrected chi connectivity index (χ0v) is 10.8. The fraction of sp³-hybridized carbons (Fsp3) is 0.625. The summed E-state index contributed by atoms with van der Waals surface area (Å²) in [6.07, 6.45) is -3.73. The maximum Gasteiger partial charge on any atom is 0.408 e. The van der Waals surface area contributed by atoms with Crippen LogP contribution < -0.4 is 0 Å². The van der Waals surface area contributed by atoms with Gasteiger partial charge < -0.3 is 4.74 Å². The normalized spacial score (nSPS) is 12.9. The monoisotopic (exact) mass is 306 g/mol. The third-order valence-electron chi connectivity index (χ3n) is 1.95. The molecule has 104 valence electrons.